The van der Waals surface area contributed by atoms with E-state index in [9.17, 15) is 18.0 Å². The van der Waals surface area contributed by atoms with Crippen molar-refractivity contribution in [1.82, 2.24) is 20.1 Å². The van der Waals surface area contributed by atoms with E-state index in [2.05, 4.69) is 72.2 Å². The summed E-state index contributed by atoms with van der Waals surface area (Å²) in [6.45, 7) is 7.25. The summed E-state index contributed by atoms with van der Waals surface area (Å²) in [5.74, 6) is -0.361. The van der Waals surface area contributed by atoms with Crippen molar-refractivity contribution in [3.05, 3.63) is 84.6 Å². The highest BCUT2D eigenvalue weighted by Crippen LogP contribution is 2.34. The number of carbonyl (C=O) groups excluding carboxylic acids is 1. The Hall–Kier alpha value is -4.06. The van der Waals surface area contributed by atoms with E-state index in [0.29, 0.717) is 32.4 Å². The molecular weight excluding hydrogens is 593 g/mol. The van der Waals surface area contributed by atoms with E-state index >= 15 is 0 Å². The Morgan fingerprint density at radius 3 is 2.37 bits per heavy atom. The van der Waals surface area contributed by atoms with Crippen LogP contribution < -0.4 is 26.0 Å². The van der Waals surface area contributed by atoms with Gasteiger partial charge in [0.2, 0.25) is 5.91 Å². The van der Waals surface area contributed by atoms with Gasteiger partial charge >= 0.3 is 6.36 Å². The number of amides is 1. The number of halogens is 3. The molecule has 244 valence electrons. The number of aryl methyl sites for hydroxylation is 1. The van der Waals surface area contributed by atoms with E-state index in [-0.39, 0.29) is 11.7 Å². The molecular formula is C35H41F3N6O2. The first kappa shape index (κ1) is 31.9. The Labute approximate surface area is 267 Å². The fourth-order valence-electron chi connectivity index (χ4n) is 6.48. The molecule has 8 nitrogen and oxygen atoms in total. The molecule has 0 bridgehead atoms. The Morgan fingerprint density at radius 2 is 1.67 bits per heavy atom. The Balaban J connectivity index is 1.17. The van der Waals surface area contributed by atoms with Crippen molar-refractivity contribution < 1.29 is 22.7 Å². The van der Waals surface area contributed by atoms with Crippen LogP contribution in [0, 0.1) is 0 Å². The molecule has 0 spiro atoms. The Kier molecular flexibility index (Phi) is 9.53. The smallest absolute Gasteiger partial charge is 0.406 e. The van der Waals surface area contributed by atoms with Crippen molar-refractivity contribution in [2.24, 2.45) is 5.73 Å². The number of rotatable bonds is 10. The summed E-state index contributed by atoms with van der Waals surface area (Å²) < 4.78 is 44.6. The number of para-hydroxylation sites is 1. The van der Waals surface area contributed by atoms with Crippen LogP contribution in [0.4, 0.5) is 18.9 Å². The van der Waals surface area contributed by atoms with Crippen molar-refractivity contribution in [3.63, 3.8) is 0 Å². The standard InChI is InChI=1S/C35H41F3N6O2/c36-35(37,38)46-29-10-8-27(9-11-29)31-25-44(18-4-15-41-33(45)34(39)13-16-40-17-14-34)32-12-7-26(23-30(31)32)24-42-19-21-43(22-20-42)28-5-2-1-3-6-28/h1-3,5-12,23,25,40H,4,13-22,24,39H2,(H,41,45). The predicted octanol–water partition coefficient (Wildman–Crippen LogP) is 5.12. The molecule has 0 aliphatic carbocycles. The van der Waals surface area contributed by atoms with Crippen LogP contribution in [0.2, 0.25) is 0 Å². The molecule has 3 heterocycles. The topological polar surface area (TPSA) is 87.8 Å². The third-order valence-electron chi connectivity index (χ3n) is 9.05. The molecule has 2 saturated heterocycles. The summed E-state index contributed by atoms with van der Waals surface area (Å²) in [7, 11) is 0. The first-order valence-electron chi connectivity index (χ1n) is 16.0. The second kappa shape index (κ2) is 13.7. The first-order chi connectivity index (χ1) is 22.2. The van der Waals surface area contributed by atoms with E-state index in [4.69, 9.17) is 5.73 Å². The number of hydrogen-bond donors (Lipinski definition) is 3. The number of carbonyl (C=O) groups is 1. The Bertz CT molecular complexity index is 1610. The molecule has 4 N–H and O–H groups in total. The van der Waals surface area contributed by atoms with E-state index in [1.807, 2.05) is 12.3 Å². The molecule has 4 aromatic rings. The number of hydrogen-bond acceptors (Lipinski definition) is 6. The summed E-state index contributed by atoms with van der Waals surface area (Å²) in [6, 6.07) is 23.0. The normalized spacial score (nSPS) is 17.3. The maximum absolute atomic E-state index is 12.8. The number of alkyl halides is 3. The molecule has 11 heteroatoms. The molecule has 2 fully saturated rings. The number of ether oxygens (including phenoxy) is 1. The van der Waals surface area contributed by atoms with E-state index in [0.717, 1.165) is 67.8 Å². The van der Waals surface area contributed by atoms with E-state index in [1.54, 1.807) is 12.1 Å². The minimum absolute atomic E-state index is 0.109. The lowest BCUT2D eigenvalue weighted by molar-refractivity contribution is -0.274. The maximum atomic E-state index is 12.8. The molecule has 0 radical (unpaired) electrons. The van der Waals surface area contributed by atoms with Crippen LogP contribution in [0.5, 0.6) is 5.75 Å². The highest BCUT2D eigenvalue weighted by atomic mass is 19.4. The highest BCUT2D eigenvalue weighted by Gasteiger charge is 2.35. The van der Waals surface area contributed by atoms with Gasteiger partial charge in [-0.15, -0.1) is 13.2 Å². The van der Waals surface area contributed by atoms with Crippen LogP contribution in [0.1, 0.15) is 24.8 Å². The number of nitrogens with zero attached hydrogens (tertiary/aromatic N) is 3. The number of anilines is 1. The van der Waals surface area contributed by atoms with Crippen molar-refractivity contribution in [1.29, 1.82) is 0 Å². The van der Waals surface area contributed by atoms with Crippen LogP contribution in [0.15, 0.2) is 79.0 Å². The average molecular weight is 635 g/mol. The monoisotopic (exact) mass is 634 g/mol. The zero-order valence-electron chi connectivity index (χ0n) is 25.9. The summed E-state index contributed by atoms with van der Waals surface area (Å²) >= 11 is 0. The van der Waals surface area contributed by atoms with Gasteiger partial charge in [0.05, 0.1) is 5.54 Å². The first-order valence-corrected chi connectivity index (χ1v) is 16.0. The maximum Gasteiger partial charge on any atom is 0.573 e. The Morgan fingerprint density at radius 1 is 0.957 bits per heavy atom. The number of piperidine rings is 1. The van der Waals surface area contributed by atoms with Gasteiger partial charge in [0.1, 0.15) is 5.75 Å². The van der Waals surface area contributed by atoms with Gasteiger partial charge < -0.3 is 30.6 Å². The zero-order chi connectivity index (χ0) is 32.1. The molecule has 0 unspecified atom stereocenters. The van der Waals surface area contributed by atoms with Gasteiger partial charge in [-0.05, 0) is 79.9 Å². The molecule has 46 heavy (non-hydrogen) atoms. The fourth-order valence-corrected chi connectivity index (χ4v) is 6.48. The van der Waals surface area contributed by atoms with E-state index < -0.39 is 11.9 Å². The lowest BCUT2D eigenvalue weighted by Gasteiger charge is -2.36. The minimum Gasteiger partial charge on any atom is -0.406 e. The van der Waals surface area contributed by atoms with Gasteiger partial charge in [-0.2, -0.15) is 0 Å². The SMILES string of the molecule is NC1(C(=O)NCCCn2cc(-c3ccc(OC(F)(F)F)cc3)c3cc(CN4CCN(c5ccccc5)CC4)ccc32)CCNCC1. The highest BCUT2D eigenvalue weighted by molar-refractivity contribution is 5.96. The quantitative estimate of drug-likeness (QED) is 0.210. The number of fused-ring (bicyclic) bond motifs is 1. The van der Waals surface area contributed by atoms with Crippen molar-refractivity contribution in [3.8, 4) is 16.9 Å². The third kappa shape index (κ3) is 7.66. The number of nitrogens with two attached hydrogens (primary N) is 1. The van der Waals surface area contributed by atoms with Crippen LogP contribution in [-0.2, 0) is 17.9 Å². The molecule has 1 amide bonds. The van der Waals surface area contributed by atoms with Gasteiger partial charge in [-0.25, -0.2) is 0 Å². The average Bonchev–Trinajstić information content (AvgIpc) is 3.41. The number of nitrogens with one attached hydrogen (secondary N) is 2. The van der Waals surface area contributed by atoms with Crippen LogP contribution in [0.25, 0.3) is 22.0 Å². The van der Waals surface area contributed by atoms with Crippen molar-refractivity contribution in [2.45, 2.75) is 44.3 Å². The summed E-state index contributed by atoms with van der Waals surface area (Å²) in [5, 5.41) is 7.29. The summed E-state index contributed by atoms with van der Waals surface area (Å²) in [5.41, 5.74) is 10.7. The molecule has 2 aliphatic heterocycles. The lowest BCUT2D eigenvalue weighted by atomic mass is 9.88. The number of benzene rings is 3. The molecule has 0 saturated carbocycles. The van der Waals surface area contributed by atoms with Gasteiger partial charge in [0, 0.05) is 74.2 Å². The zero-order valence-corrected chi connectivity index (χ0v) is 25.9. The largest absolute Gasteiger partial charge is 0.573 e. The van der Waals surface area contributed by atoms with Crippen LogP contribution >= 0.6 is 0 Å². The fraction of sp³-hybridized carbons (Fsp3) is 0.400. The molecule has 6 rings (SSSR count). The van der Waals surface area contributed by atoms with Gasteiger partial charge in [-0.1, -0.05) is 36.4 Å². The lowest BCUT2D eigenvalue weighted by Crippen LogP contribution is -2.59. The summed E-state index contributed by atoms with van der Waals surface area (Å²) in [6.07, 6.45) is -0.767. The van der Waals surface area contributed by atoms with Crippen molar-refractivity contribution >= 4 is 22.5 Å². The predicted molar refractivity (Wildman–Crippen MR) is 175 cm³/mol. The second-order valence-electron chi connectivity index (χ2n) is 12.3. The van der Waals surface area contributed by atoms with Crippen LogP contribution in [-0.4, -0.2) is 73.1 Å². The third-order valence-corrected chi connectivity index (χ3v) is 9.05. The molecule has 0 atom stereocenters. The minimum atomic E-state index is -4.74. The number of aromatic nitrogens is 1. The second-order valence-corrected chi connectivity index (χ2v) is 12.3. The van der Waals surface area contributed by atoms with Crippen molar-refractivity contribution in [2.75, 3.05) is 50.7 Å². The van der Waals surface area contributed by atoms with Gasteiger partial charge in [0.25, 0.3) is 0 Å². The van der Waals surface area contributed by atoms with Gasteiger partial charge in [0.15, 0.2) is 0 Å². The molecule has 2 aliphatic rings. The molecule has 1 aromatic heterocycles. The number of piperazine rings is 1. The van der Waals surface area contributed by atoms with E-state index in [1.165, 1.54) is 23.4 Å². The summed E-state index contributed by atoms with van der Waals surface area (Å²) in [4.78, 5) is 17.6. The van der Waals surface area contributed by atoms with Crippen LogP contribution in [0.3, 0.4) is 0 Å². The molecule has 3 aromatic carbocycles. The van der Waals surface area contributed by atoms with Gasteiger partial charge in [-0.3, -0.25) is 9.69 Å².